The van der Waals surface area contributed by atoms with Gasteiger partial charge < -0.3 is 19.2 Å². The van der Waals surface area contributed by atoms with E-state index in [2.05, 4.69) is 15.2 Å². The second-order valence-electron chi connectivity index (χ2n) is 7.15. The number of hydrogen-bond donors (Lipinski definition) is 1. The van der Waals surface area contributed by atoms with Crippen molar-refractivity contribution in [3.8, 4) is 5.75 Å². The molecule has 0 atom stereocenters. The summed E-state index contributed by atoms with van der Waals surface area (Å²) >= 11 is 12.4. The van der Waals surface area contributed by atoms with Crippen LogP contribution in [0.4, 0.5) is 5.69 Å². The minimum absolute atomic E-state index is 0.112. The van der Waals surface area contributed by atoms with E-state index < -0.39 is 11.9 Å². The van der Waals surface area contributed by atoms with Crippen LogP contribution in [0, 0.1) is 0 Å². The molecule has 2 heterocycles. The van der Waals surface area contributed by atoms with Gasteiger partial charge in [-0.15, -0.1) is 0 Å². The summed E-state index contributed by atoms with van der Waals surface area (Å²) in [6, 6.07) is 15.0. The molecule has 2 aromatic heterocycles. The molecule has 1 amide bonds. The van der Waals surface area contributed by atoms with Crippen LogP contribution in [0.1, 0.15) is 32.2 Å². The van der Waals surface area contributed by atoms with Crippen molar-refractivity contribution >= 4 is 40.8 Å². The molecule has 2 aromatic carbocycles. The number of anilines is 1. The molecule has 1 N–H and O–H groups in total. The number of hydrogen-bond acceptors (Lipinski definition) is 6. The molecule has 0 aliphatic rings. The number of carbonyl (C=O) groups excluding carboxylic acids is 2. The zero-order chi connectivity index (χ0) is 24.1. The van der Waals surface area contributed by atoms with Crippen LogP contribution in [0.2, 0.25) is 10.0 Å². The predicted octanol–water partition coefficient (Wildman–Crippen LogP) is 5.45. The van der Waals surface area contributed by atoms with E-state index in [0.29, 0.717) is 39.4 Å². The summed E-state index contributed by atoms with van der Waals surface area (Å²) in [5.74, 6) is 0.282. The summed E-state index contributed by atoms with van der Waals surface area (Å²) in [7, 11) is 1.32. The van der Waals surface area contributed by atoms with Crippen molar-refractivity contribution in [3.63, 3.8) is 0 Å². The first kappa shape index (κ1) is 23.4. The molecule has 0 saturated carbocycles. The zero-order valence-corrected chi connectivity index (χ0v) is 19.5. The Kier molecular flexibility index (Phi) is 7.20. The molecule has 8 nitrogen and oxygen atoms in total. The lowest BCUT2D eigenvalue weighted by Crippen LogP contribution is -2.10. The maximum Gasteiger partial charge on any atom is 0.337 e. The molecular formula is C24H19Cl2N3O5. The van der Waals surface area contributed by atoms with Gasteiger partial charge in [-0.3, -0.25) is 9.48 Å². The quantitative estimate of drug-likeness (QED) is 0.324. The van der Waals surface area contributed by atoms with E-state index in [1.54, 1.807) is 65.5 Å². The van der Waals surface area contributed by atoms with Crippen molar-refractivity contribution in [3.05, 3.63) is 99.7 Å². The molecule has 4 rings (SSSR count). The number of carbonyl (C=O) groups is 2. The van der Waals surface area contributed by atoms with Gasteiger partial charge in [0.15, 0.2) is 5.76 Å². The van der Waals surface area contributed by atoms with Gasteiger partial charge in [-0.25, -0.2) is 4.79 Å². The average Bonchev–Trinajstić information content (AvgIpc) is 3.49. The minimum Gasteiger partial charge on any atom is -0.486 e. The Morgan fingerprint density at radius 2 is 1.79 bits per heavy atom. The van der Waals surface area contributed by atoms with Crippen molar-refractivity contribution in [2.45, 2.75) is 13.2 Å². The Bertz CT molecular complexity index is 1290. The first-order valence-electron chi connectivity index (χ1n) is 10.1. The topological polar surface area (TPSA) is 95.6 Å². The van der Waals surface area contributed by atoms with Crippen molar-refractivity contribution < 1.29 is 23.5 Å². The maximum atomic E-state index is 12.5. The van der Waals surface area contributed by atoms with Crippen LogP contribution in [0.3, 0.4) is 0 Å². The number of esters is 1. The van der Waals surface area contributed by atoms with Crippen LogP contribution in [0.5, 0.6) is 5.75 Å². The number of furan rings is 1. The monoisotopic (exact) mass is 499 g/mol. The number of halogens is 2. The van der Waals surface area contributed by atoms with Crippen molar-refractivity contribution in [1.82, 2.24) is 9.78 Å². The number of aromatic nitrogens is 2. The van der Waals surface area contributed by atoms with Crippen LogP contribution in [0.25, 0.3) is 0 Å². The fourth-order valence-corrected chi connectivity index (χ4v) is 3.61. The third kappa shape index (κ3) is 5.59. The Balaban J connectivity index is 1.33. The minimum atomic E-state index is -0.427. The highest BCUT2D eigenvalue weighted by Gasteiger charge is 2.14. The average molecular weight is 500 g/mol. The van der Waals surface area contributed by atoms with E-state index in [1.807, 2.05) is 0 Å². The van der Waals surface area contributed by atoms with E-state index in [4.69, 9.17) is 32.4 Å². The third-order valence-corrected chi connectivity index (χ3v) is 5.52. The number of methoxy groups -OCH3 is 1. The normalized spacial score (nSPS) is 10.7. The zero-order valence-electron chi connectivity index (χ0n) is 18.0. The lowest BCUT2D eigenvalue weighted by molar-refractivity contribution is 0.0600. The van der Waals surface area contributed by atoms with Crippen LogP contribution >= 0.6 is 23.2 Å². The Morgan fingerprint density at radius 1 is 1.06 bits per heavy atom. The number of rotatable bonds is 8. The number of nitrogens with one attached hydrogen (secondary N) is 1. The molecule has 174 valence electrons. The lowest BCUT2D eigenvalue weighted by atomic mass is 10.2. The fraction of sp³-hybridized carbons (Fsp3) is 0.125. The van der Waals surface area contributed by atoms with Gasteiger partial charge in [-0.2, -0.15) is 5.10 Å². The molecule has 10 heteroatoms. The SMILES string of the molecule is COC(=O)c1ccc(OCc2ccc(C(=O)Nc3cnn(Cc4c(Cl)cccc4Cl)c3)o2)cc1. The smallest absolute Gasteiger partial charge is 0.337 e. The molecule has 34 heavy (non-hydrogen) atoms. The van der Waals surface area contributed by atoms with E-state index >= 15 is 0 Å². The Morgan fingerprint density at radius 3 is 2.50 bits per heavy atom. The fourth-order valence-electron chi connectivity index (χ4n) is 3.09. The second kappa shape index (κ2) is 10.5. The van der Waals surface area contributed by atoms with Crippen molar-refractivity contribution in [2.75, 3.05) is 12.4 Å². The molecule has 0 aliphatic carbocycles. The van der Waals surface area contributed by atoms with Gasteiger partial charge in [0.1, 0.15) is 18.1 Å². The van der Waals surface area contributed by atoms with Gasteiger partial charge >= 0.3 is 5.97 Å². The summed E-state index contributed by atoms with van der Waals surface area (Å²) in [5.41, 5.74) is 1.65. The Labute approximate surface area is 205 Å². The summed E-state index contributed by atoms with van der Waals surface area (Å²) in [6.45, 7) is 0.471. The molecular weight excluding hydrogens is 481 g/mol. The van der Waals surface area contributed by atoms with Crippen LogP contribution in [-0.2, 0) is 17.9 Å². The molecule has 0 saturated heterocycles. The van der Waals surface area contributed by atoms with E-state index in [1.165, 1.54) is 13.3 Å². The summed E-state index contributed by atoms with van der Waals surface area (Å²) in [5, 5.41) is 8.05. The van der Waals surface area contributed by atoms with E-state index in [0.717, 1.165) is 5.56 Å². The highest BCUT2D eigenvalue weighted by Crippen LogP contribution is 2.25. The summed E-state index contributed by atoms with van der Waals surface area (Å²) < 4.78 is 17.5. The lowest BCUT2D eigenvalue weighted by Gasteiger charge is -2.06. The molecule has 0 bridgehead atoms. The number of benzene rings is 2. The predicted molar refractivity (Wildman–Crippen MR) is 127 cm³/mol. The van der Waals surface area contributed by atoms with Crippen molar-refractivity contribution in [1.29, 1.82) is 0 Å². The van der Waals surface area contributed by atoms with Crippen LogP contribution in [-0.4, -0.2) is 28.8 Å². The maximum absolute atomic E-state index is 12.5. The van der Waals surface area contributed by atoms with Crippen LogP contribution in [0.15, 0.2) is 71.4 Å². The number of nitrogens with zero attached hydrogens (tertiary/aromatic N) is 2. The molecule has 0 aliphatic heterocycles. The van der Waals surface area contributed by atoms with Gasteiger partial charge in [-0.1, -0.05) is 29.3 Å². The number of ether oxygens (including phenoxy) is 2. The molecule has 0 unspecified atom stereocenters. The second-order valence-corrected chi connectivity index (χ2v) is 7.97. The van der Waals surface area contributed by atoms with Gasteiger partial charge in [0.05, 0.1) is 31.1 Å². The first-order valence-corrected chi connectivity index (χ1v) is 10.8. The molecule has 0 fully saturated rings. The molecule has 0 spiro atoms. The highest BCUT2D eigenvalue weighted by atomic mass is 35.5. The van der Waals surface area contributed by atoms with Gasteiger partial charge in [0, 0.05) is 21.8 Å². The largest absolute Gasteiger partial charge is 0.486 e. The number of amides is 1. The highest BCUT2D eigenvalue weighted by molar-refractivity contribution is 6.36. The van der Waals surface area contributed by atoms with Crippen LogP contribution < -0.4 is 10.1 Å². The van der Waals surface area contributed by atoms with Crippen molar-refractivity contribution in [2.24, 2.45) is 0 Å². The Hall–Kier alpha value is -3.75. The molecule has 0 radical (unpaired) electrons. The van der Waals surface area contributed by atoms with E-state index in [9.17, 15) is 9.59 Å². The standard InChI is InChI=1S/C24H19Cl2N3O5/c1-32-24(31)15-5-7-17(8-6-15)33-14-18-9-10-22(34-18)23(30)28-16-11-27-29(12-16)13-19-20(25)3-2-4-21(19)26/h2-12H,13-14H2,1H3,(H,28,30). The van der Waals surface area contributed by atoms with Gasteiger partial charge in [0.25, 0.3) is 5.91 Å². The summed E-state index contributed by atoms with van der Waals surface area (Å²) in [4.78, 5) is 24.0. The van der Waals surface area contributed by atoms with Gasteiger partial charge in [0.2, 0.25) is 0 Å². The first-order chi connectivity index (χ1) is 16.4. The van der Waals surface area contributed by atoms with Gasteiger partial charge in [-0.05, 0) is 48.5 Å². The van der Waals surface area contributed by atoms with E-state index in [-0.39, 0.29) is 12.4 Å². The third-order valence-electron chi connectivity index (χ3n) is 4.81. The summed E-state index contributed by atoms with van der Waals surface area (Å²) in [6.07, 6.45) is 3.19. The molecule has 4 aromatic rings.